The third-order valence-electron chi connectivity index (χ3n) is 9.18. The summed E-state index contributed by atoms with van der Waals surface area (Å²) in [4.78, 5) is 0. The van der Waals surface area contributed by atoms with Crippen LogP contribution in [0, 0.1) is 11.8 Å². The zero-order chi connectivity index (χ0) is 24.3. The lowest BCUT2D eigenvalue weighted by Gasteiger charge is -2.47. The largest absolute Gasteiger partial charge is 0.0767 e. The minimum absolute atomic E-state index is 0.123. The van der Waals surface area contributed by atoms with Gasteiger partial charge in [0, 0.05) is 11.3 Å². The first kappa shape index (κ1) is 23.7. The molecule has 0 spiro atoms. The molecule has 180 valence electrons. The number of benzene rings is 2. The Morgan fingerprint density at radius 2 is 1.35 bits per heavy atom. The molecule has 2 aromatic carbocycles. The van der Waals surface area contributed by atoms with E-state index in [0.29, 0.717) is 5.92 Å². The molecule has 1 fully saturated rings. The van der Waals surface area contributed by atoms with Gasteiger partial charge in [0.1, 0.15) is 0 Å². The summed E-state index contributed by atoms with van der Waals surface area (Å²) in [6.07, 6.45) is 17.5. The van der Waals surface area contributed by atoms with Crippen LogP contribution in [0.15, 0.2) is 54.6 Å². The minimum Gasteiger partial charge on any atom is -0.0767 e. The van der Waals surface area contributed by atoms with Crippen molar-refractivity contribution in [3.8, 4) is 11.1 Å². The van der Waals surface area contributed by atoms with Gasteiger partial charge in [0.05, 0.1) is 0 Å². The van der Waals surface area contributed by atoms with Crippen molar-refractivity contribution >= 4 is 0 Å². The Kier molecular flexibility index (Phi) is 5.74. The van der Waals surface area contributed by atoms with Gasteiger partial charge in [0.2, 0.25) is 0 Å². The van der Waals surface area contributed by atoms with Gasteiger partial charge in [-0.1, -0.05) is 122 Å². The van der Waals surface area contributed by atoms with E-state index in [1.807, 2.05) is 0 Å². The van der Waals surface area contributed by atoms with Crippen LogP contribution in [0.4, 0.5) is 0 Å². The molecule has 0 bridgehead atoms. The smallest absolute Gasteiger partial charge is 0.00565 e. The number of fused-ring (bicyclic) bond motifs is 3. The predicted molar refractivity (Wildman–Crippen MR) is 148 cm³/mol. The van der Waals surface area contributed by atoms with Crippen LogP contribution >= 0.6 is 0 Å². The van der Waals surface area contributed by atoms with Crippen molar-refractivity contribution in [3.63, 3.8) is 0 Å². The van der Waals surface area contributed by atoms with Gasteiger partial charge < -0.3 is 0 Å². The highest BCUT2D eigenvalue weighted by Gasteiger charge is 2.46. The molecule has 34 heavy (non-hydrogen) atoms. The molecule has 0 aliphatic heterocycles. The Morgan fingerprint density at radius 1 is 0.706 bits per heavy atom. The Morgan fingerprint density at radius 3 is 1.97 bits per heavy atom. The molecule has 3 aliphatic carbocycles. The highest BCUT2D eigenvalue weighted by molar-refractivity contribution is 5.80. The van der Waals surface area contributed by atoms with Crippen molar-refractivity contribution < 1.29 is 0 Å². The molecule has 0 heteroatoms. The summed E-state index contributed by atoms with van der Waals surface area (Å²) in [5.41, 5.74) is 11.2. The third kappa shape index (κ3) is 3.82. The van der Waals surface area contributed by atoms with Gasteiger partial charge in [-0.15, -0.1) is 0 Å². The van der Waals surface area contributed by atoms with Gasteiger partial charge in [-0.25, -0.2) is 0 Å². The predicted octanol–water partition coefficient (Wildman–Crippen LogP) is 9.43. The number of rotatable bonds is 3. The summed E-state index contributed by atoms with van der Waals surface area (Å²) in [5.74, 6) is 1.22. The fourth-order valence-corrected chi connectivity index (χ4v) is 7.16. The second-order valence-corrected chi connectivity index (χ2v) is 13.5. The maximum absolute atomic E-state index is 2.63. The van der Waals surface area contributed by atoms with Gasteiger partial charge >= 0.3 is 0 Å². The zero-order valence-corrected chi connectivity index (χ0v) is 22.6. The molecule has 1 unspecified atom stereocenters. The molecule has 0 aromatic heterocycles. The first-order valence-electron chi connectivity index (χ1n) is 13.7. The van der Waals surface area contributed by atoms with E-state index in [4.69, 9.17) is 0 Å². The van der Waals surface area contributed by atoms with E-state index < -0.39 is 0 Å². The summed E-state index contributed by atoms with van der Waals surface area (Å²) in [6, 6.07) is 12.2. The van der Waals surface area contributed by atoms with Crippen LogP contribution in [0.3, 0.4) is 0 Å². The van der Waals surface area contributed by atoms with E-state index in [2.05, 4.69) is 103 Å². The Balaban J connectivity index is 1.74. The average Bonchev–Trinajstić information content (AvgIpc) is 3.45. The summed E-state index contributed by atoms with van der Waals surface area (Å²) >= 11 is 0. The quantitative estimate of drug-likeness (QED) is 0.371. The van der Waals surface area contributed by atoms with Gasteiger partial charge in [0.25, 0.3) is 0 Å². The highest BCUT2D eigenvalue weighted by Crippen LogP contribution is 2.54. The van der Waals surface area contributed by atoms with Gasteiger partial charge in [-0.2, -0.15) is 0 Å². The van der Waals surface area contributed by atoms with E-state index >= 15 is 0 Å². The minimum atomic E-state index is 0.123. The second-order valence-electron chi connectivity index (χ2n) is 13.5. The van der Waals surface area contributed by atoms with Crippen molar-refractivity contribution in [1.82, 2.24) is 0 Å². The number of hydrogen-bond acceptors (Lipinski definition) is 0. The number of allylic oxidation sites excluding steroid dienone is 4. The molecular weight excluding hydrogens is 408 g/mol. The topological polar surface area (TPSA) is 0 Å². The van der Waals surface area contributed by atoms with E-state index in [9.17, 15) is 0 Å². The Hall–Kier alpha value is -2.08. The lowest BCUT2D eigenvalue weighted by Crippen LogP contribution is -2.42. The lowest BCUT2D eigenvalue weighted by atomic mass is 9.56. The maximum atomic E-state index is 2.63. The van der Waals surface area contributed by atoms with Crippen LogP contribution in [0.25, 0.3) is 11.1 Å². The van der Waals surface area contributed by atoms with Gasteiger partial charge in [-0.3, -0.25) is 0 Å². The molecular formula is C34H44. The normalized spacial score (nSPS) is 20.4. The first-order chi connectivity index (χ1) is 16.0. The highest BCUT2D eigenvalue weighted by atomic mass is 14.5. The number of hydrogen-bond donors (Lipinski definition) is 0. The fourth-order valence-electron chi connectivity index (χ4n) is 7.16. The molecule has 0 nitrogen and oxygen atoms in total. The third-order valence-corrected chi connectivity index (χ3v) is 9.18. The van der Waals surface area contributed by atoms with E-state index in [0.717, 1.165) is 12.3 Å². The maximum Gasteiger partial charge on any atom is 0.00565 e. The lowest BCUT2D eigenvalue weighted by molar-refractivity contribution is 0.187. The van der Waals surface area contributed by atoms with Crippen molar-refractivity contribution in [2.24, 2.45) is 11.8 Å². The molecule has 5 rings (SSSR count). The summed E-state index contributed by atoms with van der Waals surface area (Å²) in [5, 5.41) is 0. The summed E-state index contributed by atoms with van der Waals surface area (Å²) < 4.78 is 0. The van der Waals surface area contributed by atoms with Gasteiger partial charge in [-0.05, 0) is 75.0 Å². The Bertz CT molecular complexity index is 1130. The van der Waals surface area contributed by atoms with E-state index in [-0.39, 0.29) is 16.2 Å². The standard InChI is InChI=1S/C34H44/c1-32(2,3)26-17-18-27-23(21-26)22-29-28(27)19-20-30(33(4,5)6)31(29)34(7,25-15-11-12-16-25)24-13-9-8-10-14-24/h11-12,15-21,24-25H,8-10,13-14,22H2,1-7H3. The van der Waals surface area contributed by atoms with Crippen LogP contribution in [-0.2, 0) is 22.7 Å². The SMILES string of the molecule is CC(C)(C)c1ccc2c(c1)Cc1c-2ccc(C(C)(C)C)c1C(C)(C1C=CC=C1)C1CCCCC1. The molecule has 2 aromatic rings. The van der Waals surface area contributed by atoms with Crippen molar-refractivity contribution in [3.05, 3.63) is 82.5 Å². The first-order valence-corrected chi connectivity index (χ1v) is 13.7. The second kappa shape index (κ2) is 8.25. The fraction of sp³-hybridized carbons (Fsp3) is 0.529. The molecule has 0 N–H and O–H groups in total. The average molecular weight is 453 g/mol. The van der Waals surface area contributed by atoms with Crippen molar-refractivity contribution in [1.29, 1.82) is 0 Å². The van der Waals surface area contributed by atoms with Crippen molar-refractivity contribution in [2.75, 3.05) is 0 Å². The molecule has 1 atom stereocenters. The molecule has 0 amide bonds. The summed E-state index contributed by atoms with van der Waals surface area (Å²) in [6.45, 7) is 16.9. The Labute approximate surface area is 208 Å². The molecule has 1 saturated carbocycles. The molecule has 0 radical (unpaired) electrons. The molecule has 3 aliphatic rings. The molecule has 0 saturated heterocycles. The summed E-state index contributed by atoms with van der Waals surface area (Å²) in [7, 11) is 0. The van der Waals surface area contributed by atoms with E-state index in [1.54, 1.807) is 16.7 Å². The van der Waals surface area contributed by atoms with E-state index in [1.165, 1.54) is 54.4 Å². The van der Waals surface area contributed by atoms with Crippen LogP contribution in [0.1, 0.15) is 108 Å². The van der Waals surface area contributed by atoms with Crippen LogP contribution < -0.4 is 0 Å². The van der Waals surface area contributed by atoms with Crippen molar-refractivity contribution in [2.45, 2.75) is 103 Å². The van der Waals surface area contributed by atoms with Crippen LogP contribution in [0.2, 0.25) is 0 Å². The van der Waals surface area contributed by atoms with Crippen LogP contribution in [-0.4, -0.2) is 0 Å². The van der Waals surface area contributed by atoms with Crippen LogP contribution in [0.5, 0.6) is 0 Å². The molecule has 0 heterocycles. The van der Waals surface area contributed by atoms with Gasteiger partial charge in [0.15, 0.2) is 0 Å². The monoisotopic (exact) mass is 452 g/mol. The zero-order valence-electron chi connectivity index (χ0n) is 22.6.